The number of amides is 1. The van der Waals surface area contributed by atoms with E-state index in [1.807, 2.05) is 36.4 Å². The van der Waals surface area contributed by atoms with Crippen LogP contribution in [0.3, 0.4) is 0 Å². The van der Waals surface area contributed by atoms with Gasteiger partial charge in [-0.05, 0) is 50.1 Å². The molecule has 34 heavy (non-hydrogen) atoms. The standard InChI is InChI=1S/C25H28FN5O3/c1-17(2)34-15-5-14-30-24(33)20-6-3-4-7-21(20)31-22(28-29-25(30)31)12-13-23(32)27-16-18-8-10-19(26)11-9-18/h3-4,6-11,17H,5,12-16H2,1-2H3,(H,27,32). The van der Waals surface area contributed by atoms with E-state index in [0.717, 1.165) is 5.56 Å². The van der Waals surface area contributed by atoms with Crippen LogP contribution in [0.5, 0.6) is 0 Å². The van der Waals surface area contributed by atoms with E-state index in [4.69, 9.17) is 4.74 Å². The lowest BCUT2D eigenvalue weighted by molar-refractivity contribution is -0.121. The van der Waals surface area contributed by atoms with Crippen molar-refractivity contribution in [1.29, 1.82) is 0 Å². The summed E-state index contributed by atoms with van der Waals surface area (Å²) >= 11 is 0. The first-order chi connectivity index (χ1) is 16.4. The Hall–Kier alpha value is -3.59. The zero-order chi connectivity index (χ0) is 24.1. The Labute approximate surface area is 196 Å². The molecule has 0 unspecified atom stereocenters. The number of carbonyl (C=O) groups is 1. The third kappa shape index (κ3) is 5.31. The molecule has 4 aromatic rings. The lowest BCUT2D eigenvalue weighted by atomic mass is 10.2. The summed E-state index contributed by atoms with van der Waals surface area (Å²) in [7, 11) is 0. The minimum absolute atomic E-state index is 0.122. The Kier molecular flexibility index (Phi) is 7.32. The summed E-state index contributed by atoms with van der Waals surface area (Å²) in [6.45, 7) is 5.26. The van der Waals surface area contributed by atoms with Gasteiger partial charge in [-0.15, -0.1) is 10.2 Å². The molecule has 0 aliphatic rings. The monoisotopic (exact) mass is 465 g/mol. The van der Waals surface area contributed by atoms with E-state index in [9.17, 15) is 14.0 Å². The van der Waals surface area contributed by atoms with Crippen LogP contribution in [-0.4, -0.2) is 37.8 Å². The average molecular weight is 466 g/mol. The van der Waals surface area contributed by atoms with Crippen LogP contribution in [0.4, 0.5) is 4.39 Å². The predicted octanol–water partition coefficient (Wildman–Crippen LogP) is 3.25. The van der Waals surface area contributed by atoms with Crippen molar-refractivity contribution in [2.45, 2.75) is 52.3 Å². The highest BCUT2D eigenvalue weighted by Crippen LogP contribution is 2.16. The summed E-state index contributed by atoms with van der Waals surface area (Å²) in [4.78, 5) is 25.6. The molecule has 1 amide bonds. The van der Waals surface area contributed by atoms with Crippen molar-refractivity contribution in [2.75, 3.05) is 6.61 Å². The summed E-state index contributed by atoms with van der Waals surface area (Å²) in [5.74, 6) is 0.599. The molecule has 0 spiro atoms. The van der Waals surface area contributed by atoms with Gasteiger partial charge in [-0.2, -0.15) is 0 Å². The van der Waals surface area contributed by atoms with Crippen LogP contribution in [0, 0.1) is 5.82 Å². The SMILES string of the molecule is CC(C)OCCCn1c(=O)c2ccccc2n2c(CCC(=O)NCc3ccc(F)cc3)nnc12. The molecule has 2 heterocycles. The molecule has 0 saturated heterocycles. The van der Waals surface area contributed by atoms with E-state index in [1.165, 1.54) is 12.1 Å². The molecule has 0 bridgehead atoms. The normalized spacial score (nSPS) is 11.5. The molecule has 8 nitrogen and oxygen atoms in total. The number of aryl methyl sites for hydroxylation is 2. The lowest BCUT2D eigenvalue weighted by Gasteiger charge is -2.12. The van der Waals surface area contributed by atoms with Gasteiger partial charge in [0.25, 0.3) is 5.56 Å². The zero-order valence-electron chi connectivity index (χ0n) is 19.3. The van der Waals surface area contributed by atoms with E-state index >= 15 is 0 Å². The van der Waals surface area contributed by atoms with Crippen molar-refractivity contribution in [1.82, 2.24) is 24.5 Å². The van der Waals surface area contributed by atoms with Gasteiger partial charge < -0.3 is 10.1 Å². The highest BCUT2D eigenvalue weighted by Gasteiger charge is 2.17. The second-order valence-corrected chi connectivity index (χ2v) is 8.40. The predicted molar refractivity (Wildman–Crippen MR) is 127 cm³/mol. The summed E-state index contributed by atoms with van der Waals surface area (Å²) in [5, 5.41) is 12.0. The van der Waals surface area contributed by atoms with Crippen LogP contribution >= 0.6 is 0 Å². The van der Waals surface area contributed by atoms with Gasteiger partial charge in [0.15, 0.2) is 0 Å². The number of hydrogen-bond acceptors (Lipinski definition) is 5. The number of hydrogen-bond donors (Lipinski definition) is 1. The fourth-order valence-corrected chi connectivity index (χ4v) is 3.84. The zero-order valence-corrected chi connectivity index (χ0v) is 19.3. The minimum atomic E-state index is -0.313. The number of carbonyl (C=O) groups excluding carboxylic acids is 1. The quantitative estimate of drug-likeness (QED) is 0.363. The van der Waals surface area contributed by atoms with Crippen molar-refractivity contribution in [3.05, 3.63) is 76.1 Å². The summed E-state index contributed by atoms with van der Waals surface area (Å²) in [6.07, 6.45) is 1.36. The highest BCUT2D eigenvalue weighted by atomic mass is 19.1. The maximum atomic E-state index is 13.1. The molecular weight excluding hydrogens is 437 g/mol. The highest BCUT2D eigenvalue weighted by molar-refractivity contribution is 5.80. The van der Waals surface area contributed by atoms with Crippen LogP contribution in [-0.2, 0) is 29.0 Å². The largest absolute Gasteiger partial charge is 0.379 e. The van der Waals surface area contributed by atoms with E-state index < -0.39 is 0 Å². The molecule has 1 N–H and O–H groups in total. The number of halogens is 1. The molecular formula is C25H28FN5O3. The van der Waals surface area contributed by atoms with Crippen molar-refractivity contribution >= 4 is 22.6 Å². The second-order valence-electron chi connectivity index (χ2n) is 8.40. The number of aromatic nitrogens is 4. The van der Waals surface area contributed by atoms with Gasteiger partial charge in [-0.25, -0.2) is 4.39 Å². The Morgan fingerprint density at radius 2 is 1.88 bits per heavy atom. The van der Waals surface area contributed by atoms with Crippen LogP contribution in [0.25, 0.3) is 16.7 Å². The van der Waals surface area contributed by atoms with E-state index in [0.29, 0.717) is 55.0 Å². The number of rotatable bonds is 10. The number of benzene rings is 2. The molecule has 2 aromatic heterocycles. The third-order valence-corrected chi connectivity index (χ3v) is 5.53. The topological polar surface area (TPSA) is 90.5 Å². The van der Waals surface area contributed by atoms with E-state index in [-0.39, 0.29) is 29.8 Å². The molecule has 2 aromatic carbocycles. The van der Waals surface area contributed by atoms with Gasteiger partial charge >= 0.3 is 0 Å². The Morgan fingerprint density at radius 1 is 1.12 bits per heavy atom. The molecule has 0 fully saturated rings. The van der Waals surface area contributed by atoms with Crippen LogP contribution in [0.2, 0.25) is 0 Å². The second kappa shape index (κ2) is 10.6. The first-order valence-electron chi connectivity index (χ1n) is 11.4. The minimum Gasteiger partial charge on any atom is -0.379 e. The summed E-state index contributed by atoms with van der Waals surface area (Å²) in [5.41, 5.74) is 1.41. The van der Waals surface area contributed by atoms with E-state index in [2.05, 4.69) is 15.5 Å². The van der Waals surface area contributed by atoms with E-state index in [1.54, 1.807) is 22.8 Å². The first-order valence-corrected chi connectivity index (χ1v) is 11.4. The van der Waals surface area contributed by atoms with Gasteiger partial charge in [0.2, 0.25) is 11.7 Å². The number of nitrogens with zero attached hydrogens (tertiary/aromatic N) is 4. The average Bonchev–Trinajstić information content (AvgIpc) is 3.25. The van der Waals surface area contributed by atoms with Crippen molar-refractivity contribution in [2.24, 2.45) is 0 Å². The molecule has 4 rings (SSSR count). The summed E-state index contributed by atoms with van der Waals surface area (Å²) < 4.78 is 22.1. The molecule has 0 atom stereocenters. The lowest BCUT2D eigenvalue weighted by Crippen LogP contribution is -2.25. The molecule has 0 aliphatic heterocycles. The maximum Gasteiger partial charge on any atom is 0.262 e. The van der Waals surface area contributed by atoms with Gasteiger partial charge in [-0.3, -0.25) is 18.6 Å². The molecule has 0 radical (unpaired) electrons. The van der Waals surface area contributed by atoms with Crippen LogP contribution in [0.15, 0.2) is 53.3 Å². The number of ether oxygens (including phenoxy) is 1. The summed E-state index contributed by atoms with van der Waals surface area (Å²) in [6, 6.07) is 13.3. The first kappa shape index (κ1) is 23.6. The maximum absolute atomic E-state index is 13.1. The fraction of sp³-hybridized carbons (Fsp3) is 0.360. The Bertz CT molecular complexity index is 1340. The molecule has 0 saturated carbocycles. The van der Waals surface area contributed by atoms with Crippen LogP contribution < -0.4 is 10.9 Å². The fourth-order valence-electron chi connectivity index (χ4n) is 3.84. The number of nitrogens with one attached hydrogen (secondary N) is 1. The third-order valence-electron chi connectivity index (χ3n) is 5.53. The van der Waals surface area contributed by atoms with Gasteiger partial charge in [-0.1, -0.05) is 24.3 Å². The molecule has 178 valence electrons. The van der Waals surface area contributed by atoms with Gasteiger partial charge in [0.05, 0.1) is 17.0 Å². The number of fused-ring (bicyclic) bond motifs is 3. The smallest absolute Gasteiger partial charge is 0.262 e. The Balaban J connectivity index is 1.53. The van der Waals surface area contributed by atoms with Crippen LogP contribution in [0.1, 0.15) is 38.1 Å². The molecule has 9 heteroatoms. The Morgan fingerprint density at radius 3 is 2.65 bits per heavy atom. The van der Waals surface area contributed by atoms with Crippen molar-refractivity contribution in [3.8, 4) is 0 Å². The van der Waals surface area contributed by atoms with Crippen molar-refractivity contribution < 1.29 is 13.9 Å². The van der Waals surface area contributed by atoms with Gasteiger partial charge in [0, 0.05) is 32.5 Å². The number of para-hydroxylation sites is 1. The molecule has 0 aliphatic carbocycles. The van der Waals surface area contributed by atoms with Crippen molar-refractivity contribution in [3.63, 3.8) is 0 Å². The van der Waals surface area contributed by atoms with Gasteiger partial charge in [0.1, 0.15) is 11.6 Å².